The maximum absolute atomic E-state index is 12.5. The summed E-state index contributed by atoms with van der Waals surface area (Å²) in [5, 5.41) is 2.66. The highest BCUT2D eigenvalue weighted by Crippen LogP contribution is 2.09. The zero-order valence-corrected chi connectivity index (χ0v) is 16.8. The molecule has 0 saturated carbocycles. The molecular formula is C20H23N4O4S+. The van der Waals surface area contributed by atoms with Crippen LogP contribution in [0.1, 0.15) is 22.8 Å². The number of fused-ring (bicyclic) bond motifs is 1. The molecule has 0 aliphatic heterocycles. The van der Waals surface area contributed by atoms with E-state index in [0.29, 0.717) is 12.1 Å². The minimum absolute atomic E-state index is 0.0741. The van der Waals surface area contributed by atoms with Crippen LogP contribution in [0.25, 0.3) is 5.52 Å². The smallest absolute Gasteiger partial charge is 0.255 e. The highest BCUT2D eigenvalue weighted by atomic mass is 32.2. The number of pyridine rings is 2. The van der Waals surface area contributed by atoms with Crippen molar-refractivity contribution < 1.29 is 18.9 Å². The molecule has 3 aromatic rings. The Bertz CT molecular complexity index is 1190. The third-order valence-electron chi connectivity index (χ3n) is 4.39. The Morgan fingerprint density at radius 3 is 2.55 bits per heavy atom. The summed E-state index contributed by atoms with van der Waals surface area (Å²) in [6.45, 7) is 2.28. The molecule has 0 fully saturated rings. The van der Waals surface area contributed by atoms with E-state index in [4.69, 9.17) is 0 Å². The second-order valence-corrected chi connectivity index (χ2v) is 8.42. The van der Waals surface area contributed by atoms with Crippen molar-refractivity contribution in [2.45, 2.75) is 24.4 Å². The average Bonchev–Trinajstić information content (AvgIpc) is 2.72. The van der Waals surface area contributed by atoms with E-state index in [-0.39, 0.29) is 22.6 Å². The van der Waals surface area contributed by atoms with Crippen molar-refractivity contribution in [3.8, 4) is 0 Å². The van der Waals surface area contributed by atoms with Gasteiger partial charge >= 0.3 is 0 Å². The lowest BCUT2D eigenvalue weighted by Crippen LogP contribution is -2.47. The second kappa shape index (κ2) is 8.56. The van der Waals surface area contributed by atoms with Crippen molar-refractivity contribution in [3.63, 3.8) is 0 Å². The molecule has 0 bridgehead atoms. The molecule has 3 rings (SSSR count). The molecule has 0 aliphatic carbocycles. The number of sulfonamides is 1. The third kappa shape index (κ3) is 4.89. The van der Waals surface area contributed by atoms with Crippen LogP contribution in [-0.4, -0.2) is 31.3 Å². The molecule has 1 unspecified atom stereocenters. The fourth-order valence-electron chi connectivity index (χ4n) is 2.87. The standard InChI is InChI=1S/C20H22N4O4S/c1-14(23-29(27,28)18-5-3-2-4-6-18)12-22-20(26)16-9-17-8-7-15(11-21)13-24(17)19(25)10-16/h2-10,13-14,23H,11-12,21H2,1H3,(H,22,26)/p+1. The number of hydrogen-bond donors (Lipinski definition) is 3. The summed E-state index contributed by atoms with van der Waals surface area (Å²) in [6, 6.07) is 13.9. The fourth-order valence-corrected chi connectivity index (χ4v) is 4.13. The summed E-state index contributed by atoms with van der Waals surface area (Å²) in [5.74, 6) is -0.448. The zero-order chi connectivity index (χ0) is 21.0. The van der Waals surface area contributed by atoms with E-state index in [9.17, 15) is 18.0 Å². The fraction of sp³-hybridized carbons (Fsp3) is 0.200. The molecule has 9 heteroatoms. The molecule has 5 N–H and O–H groups in total. The molecule has 1 amide bonds. The number of aromatic nitrogens is 1. The van der Waals surface area contributed by atoms with Gasteiger partial charge in [0.15, 0.2) is 0 Å². The zero-order valence-electron chi connectivity index (χ0n) is 16.0. The minimum atomic E-state index is -3.67. The van der Waals surface area contributed by atoms with E-state index in [1.807, 2.05) is 6.07 Å². The van der Waals surface area contributed by atoms with Gasteiger partial charge in [-0.2, -0.15) is 0 Å². The lowest BCUT2D eigenvalue weighted by atomic mass is 10.2. The van der Waals surface area contributed by atoms with Crippen LogP contribution in [0.2, 0.25) is 0 Å². The number of carbonyl (C=O) groups excluding carboxylic acids is 1. The minimum Gasteiger partial charge on any atom is -0.354 e. The maximum atomic E-state index is 12.5. The summed E-state index contributed by atoms with van der Waals surface area (Å²) in [5.41, 5.74) is 5.20. The summed E-state index contributed by atoms with van der Waals surface area (Å²) in [6.07, 6.45) is 1.70. The van der Waals surface area contributed by atoms with Crippen LogP contribution in [0, 0.1) is 0 Å². The van der Waals surface area contributed by atoms with E-state index >= 15 is 0 Å². The molecule has 0 aliphatic rings. The summed E-state index contributed by atoms with van der Waals surface area (Å²) in [7, 11) is -3.67. The Balaban J connectivity index is 1.68. The van der Waals surface area contributed by atoms with Gasteiger partial charge in [0.2, 0.25) is 10.0 Å². The average molecular weight is 415 g/mol. The van der Waals surface area contributed by atoms with Crippen LogP contribution in [0.5, 0.6) is 0 Å². The Morgan fingerprint density at radius 1 is 1.14 bits per heavy atom. The van der Waals surface area contributed by atoms with Gasteiger partial charge in [-0.05, 0) is 37.3 Å². The van der Waals surface area contributed by atoms with Gasteiger partial charge in [0, 0.05) is 41.5 Å². The Labute approximate surface area is 168 Å². The first-order valence-electron chi connectivity index (χ1n) is 9.10. The topological polar surface area (TPSA) is 124 Å². The van der Waals surface area contributed by atoms with Crippen molar-refractivity contribution in [3.05, 3.63) is 82.3 Å². The summed E-state index contributed by atoms with van der Waals surface area (Å²) >= 11 is 0. The predicted molar refractivity (Wildman–Crippen MR) is 109 cm³/mol. The largest absolute Gasteiger partial charge is 0.354 e. The molecular weight excluding hydrogens is 392 g/mol. The van der Waals surface area contributed by atoms with Crippen LogP contribution < -0.4 is 21.3 Å². The highest BCUT2D eigenvalue weighted by molar-refractivity contribution is 7.89. The van der Waals surface area contributed by atoms with E-state index in [1.54, 1.807) is 43.5 Å². The SMILES string of the molecule is CC(CNC(=O)c1cc(=O)n2cc(C[NH3+])ccc2c1)NS(=O)(=O)c1ccccc1. The molecule has 1 aromatic carbocycles. The van der Waals surface area contributed by atoms with Crippen molar-refractivity contribution in [1.29, 1.82) is 0 Å². The summed E-state index contributed by atoms with van der Waals surface area (Å²) < 4.78 is 28.6. The first kappa shape index (κ1) is 20.7. The normalized spacial score (nSPS) is 12.6. The quantitative estimate of drug-likeness (QED) is 0.508. The van der Waals surface area contributed by atoms with Gasteiger partial charge < -0.3 is 11.1 Å². The van der Waals surface area contributed by atoms with Crippen molar-refractivity contribution in [1.82, 2.24) is 14.4 Å². The van der Waals surface area contributed by atoms with Gasteiger partial charge in [0.05, 0.1) is 4.90 Å². The molecule has 29 heavy (non-hydrogen) atoms. The number of nitrogens with one attached hydrogen (secondary N) is 2. The molecule has 2 heterocycles. The van der Waals surface area contributed by atoms with Gasteiger partial charge in [-0.15, -0.1) is 0 Å². The first-order chi connectivity index (χ1) is 13.8. The number of amides is 1. The lowest BCUT2D eigenvalue weighted by molar-refractivity contribution is -0.386. The number of nitrogens with zero attached hydrogens (tertiary/aromatic N) is 1. The third-order valence-corrected chi connectivity index (χ3v) is 6.00. The maximum Gasteiger partial charge on any atom is 0.255 e. The van der Waals surface area contributed by atoms with Crippen LogP contribution >= 0.6 is 0 Å². The highest BCUT2D eigenvalue weighted by Gasteiger charge is 2.18. The number of carbonyl (C=O) groups is 1. The van der Waals surface area contributed by atoms with Gasteiger partial charge in [-0.3, -0.25) is 14.0 Å². The van der Waals surface area contributed by atoms with Crippen LogP contribution in [0.4, 0.5) is 0 Å². The number of benzene rings is 1. The van der Waals surface area contributed by atoms with Gasteiger partial charge in [0.1, 0.15) is 6.54 Å². The van der Waals surface area contributed by atoms with Gasteiger partial charge in [-0.25, -0.2) is 13.1 Å². The Kier molecular flexibility index (Phi) is 6.12. The van der Waals surface area contributed by atoms with Crippen molar-refractivity contribution in [2.75, 3.05) is 6.54 Å². The van der Waals surface area contributed by atoms with Gasteiger partial charge in [-0.1, -0.05) is 18.2 Å². The van der Waals surface area contributed by atoms with Crippen molar-refractivity contribution >= 4 is 21.4 Å². The van der Waals surface area contributed by atoms with E-state index in [2.05, 4.69) is 15.8 Å². The number of quaternary nitrogens is 1. The summed E-state index contributed by atoms with van der Waals surface area (Å²) in [4.78, 5) is 24.9. The van der Waals surface area contributed by atoms with E-state index in [0.717, 1.165) is 5.56 Å². The van der Waals surface area contributed by atoms with Crippen molar-refractivity contribution in [2.24, 2.45) is 0 Å². The monoisotopic (exact) mass is 415 g/mol. The number of rotatable bonds is 7. The van der Waals surface area contributed by atoms with E-state index in [1.165, 1.54) is 22.6 Å². The molecule has 152 valence electrons. The second-order valence-electron chi connectivity index (χ2n) is 6.71. The van der Waals surface area contributed by atoms with Crippen LogP contribution in [0.3, 0.4) is 0 Å². The molecule has 8 nitrogen and oxygen atoms in total. The van der Waals surface area contributed by atoms with Gasteiger partial charge in [0.25, 0.3) is 11.5 Å². The molecule has 1 atom stereocenters. The first-order valence-corrected chi connectivity index (χ1v) is 10.6. The molecule has 0 radical (unpaired) electrons. The van der Waals surface area contributed by atoms with Crippen LogP contribution in [-0.2, 0) is 16.6 Å². The van der Waals surface area contributed by atoms with E-state index < -0.39 is 22.0 Å². The Hall–Kier alpha value is -3.01. The Morgan fingerprint density at radius 2 is 1.86 bits per heavy atom. The number of hydrogen-bond acceptors (Lipinski definition) is 4. The molecule has 2 aromatic heterocycles. The predicted octanol–water partition coefficient (Wildman–Crippen LogP) is 0.138. The lowest BCUT2D eigenvalue weighted by Gasteiger charge is -2.15. The molecule has 0 spiro atoms. The molecule has 0 saturated heterocycles. The van der Waals surface area contributed by atoms with Crippen LogP contribution in [0.15, 0.2) is 70.5 Å².